The zero-order chi connectivity index (χ0) is 23.4. The van der Waals surface area contributed by atoms with E-state index in [0.717, 1.165) is 38.5 Å². The second-order valence-electron chi connectivity index (χ2n) is 8.56. The van der Waals surface area contributed by atoms with Crippen molar-refractivity contribution in [2.45, 2.75) is 122 Å². The lowest BCUT2D eigenvalue weighted by molar-refractivity contribution is -0.137. The van der Waals surface area contributed by atoms with Crippen LogP contribution in [0.2, 0.25) is 0 Å². The molecule has 2 nitrogen and oxygen atoms in total. The molecule has 0 amide bonds. The SMILES string of the molecule is CCCC=CCC=CCC=CCC=CCC=CCCCCCCCCCCCCC(=O)O. The quantitative estimate of drug-likeness (QED) is 0.126. The summed E-state index contributed by atoms with van der Waals surface area (Å²) in [5.41, 5.74) is 0. The van der Waals surface area contributed by atoms with Crippen LogP contribution in [0.5, 0.6) is 0 Å². The van der Waals surface area contributed by atoms with Crippen LogP contribution in [0.25, 0.3) is 0 Å². The molecule has 0 aromatic rings. The van der Waals surface area contributed by atoms with Gasteiger partial charge in [-0.3, -0.25) is 4.79 Å². The molecule has 0 bridgehead atoms. The number of rotatable bonds is 23. The summed E-state index contributed by atoms with van der Waals surface area (Å²) in [5, 5.41) is 8.59. The maximum absolute atomic E-state index is 10.4. The Balaban J connectivity index is 3.32. The zero-order valence-corrected chi connectivity index (χ0v) is 20.9. The van der Waals surface area contributed by atoms with Gasteiger partial charge in [-0.05, 0) is 51.4 Å². The first-order chi connectivity index (χ1) is 15.8. The molecule has 0 aliphatic heterocycles. The molecule has 0 fully saturated rings. The minimum Gasteiger partial charge on any atom is -0.481 e. The number of allylic oxidation sites excluding steroid dienone is 10. The van der Waals surface area contributed by atoms with E-state index in [4.69, 9.17) is 5.11 Å². The van der Waals surface area contributed by atoms with Gasteiger partial charge in [-0.1, -0.05) is 125 Å². The number of carboxylic acid groups (broad SMARTS) is 1. The summed E-state index contributed by atoms with van der Waals surface area (Å²) in [6, 6.07) is 0. The summed E-state index contributed by atoms with van der Waals surface area (Å²) in [5.74, 6) is -0.662. The van der Waals surface area contributed by atoms with Crippen LogP contribution in [-0.2, 0) is 4.79 Å². The molecule has 0 spiro atoms. The monoisotopic (exact) mass is 442 g/mol. The van der Waals surface area contributed by atoms with E-state index in [1.165, 1.54) is 70.6 Å². The summed E-state index contributed by atoms with van der Waals surface area (Å²) in [7, 11) is 0. The highest BCUT2D eigenvalue weighted by molar-refractivity contribution is 5.66. The van der Waals surface area contributed by atoms with Crippen molar-refractivity contribution < 1.29 is 9.90 Å². The van der Waals surface area contributed by atoms with Crippen molar-refractivity contribution in [2.75, 3.05) is 0 Å². The van der Waals surface area contributed by atoms with Crippen LogP contribution in [0, 0.1) is 0 Å². The van der Waals surface area contributed by atoms with Gasteiger partial charge in [-0.2, -0.15) is 0 Å². The van der Waals surface area contributed by atoms with E-state index in [0.29, 0.717) is 6.42 Å². The predicted molar refractivity (Wildman–Crippen MR) is 142 cm³/mol. The molecule has 0 unspecified atom stereocenters. The first-order valence-corrected chi connectivity index (χ1v) is 13.2. The second kappa shape index (κ2) is 27.2. The molecule has 0 atom stereocenters. The minimum atomic E-state index is -0.662. The first-order valence-electron chi connectivity index (χ1n) is 13.2. The molecular formula is C30H50O2. The van der Waals surface area contributed by atoms with Gasteiger partial charge in [0.1, 0.15) is 0 Å². The normalized spacial score (nSPS) is 12.5. The number of hydrogen-bond acceptors (Lipinski definition) is 1. The standard InChI is InChI=1S/C30H50O2/c1-2-3-4-5-6-7-8-9-10-11-12-13-14-15-16-17-18-19-20-21-22-23-24-25-26-27-28-29-30(31)32/h4-5,7-8,10-11,13-14,16-17H,2-3,6,9,12,15,18-29H2,1H3,(H,31,32). The van der Waals surface area contributed by atoms with Gasteiger partial charge in [0.05, 0.1) is 0 Å². The van der Waals surface area contributed by atoms with E-state index in [1.54, 1.807) is 0 Å². The van der Waals surface area contributed by atoms with Crippen LogP contribution >= 0.6 is 0 Å². The molecule has 0 saturated heterocycles. The topological polar surface area (TPSA) is 37.3 Å². The van der Waals surface area contributed by atoms with E-state index in [-0.39, 0.29) is 0 Å². The lowest BCUT2D eigenvalue weighted by atomic mass is 10.1. The summed E-state index contributed by atoms with van der Waals surface area (Å²) in [6.45, 7) is 2.21. The molecule has 2 heteroatoms. The van der Waals surface area contributed by atoms with Crippen molar-refractivity contribution in [1.29, 1.82) is 0 Å². The Morgan fingerprint density at radius 3 is 1.25 bits per heavy atom. The third-order valence-electron chi connectivity index (χ3n) is 5.39. The van der Waals surface area contributed by atoms with Gasteiger partial charge in [0.2, 0.25) is 0 Å². The van der Waals surface area contributed by atoms with E-state index in [2.05, 4.69) is 67.7 Å². The van der Waals surface area contributed by atoms with Crippen LogP contribution in [0.1, 0.15) is 122 Å². The molecule has 0 aromatic carbocycles. The van der Waals surface area contributed by atoms with Gasteiger partial charge >= 0.3 is 5.97 Å². The van der Waals surface area contributed by atoms with Crippen LogP contribution < -0.4 is 0 Å². The van der Waals surface area contributed by atoms with Crippen LogP contribution in [0.4, 0.5) is 0 Å². The third-order valence-corrected chi connectivity index (χ3v) is 5.39. The predicted octanol–water partition coefficient (Wildman–Crippen LogP) is 9.89. The molecule has 0 aliphatic carbocycles. The molecule has 0 aromatic heterocycles. The molecule has 0 rings (SSSR count). The highest BCUT2D eigenvalue weighted by Gasteiger charge is 1.96. The van der Waals surface area contributed by atoms with Gasteiger partial charge in [0, 0.05) is 6.42 Å². The minimum absolute atomic E-state index is 0.331. The van der Waals surface area contributed by atoms with E-state index in [1.807, 2.05) is 0 Å². The smallest absolute Gasteiger partial charge is 0.303 e. The molecule has 32 heavy (non-hydrogen) atoms. The molecule has 0 heterocycles. The summed E-state index contributed by atoms with van der Waals surface area (Å²) >= 11 is 0. The fourth-order valence-corrected chi connectivity index (χ4v) is 3.44. The number of unbranched alkanes of at least 4 members (excludes halogenated alkanes) is 11. The number of hydrogen-bond donors (Lipinski definition) is 1. The Morgan fingerprint density at radius 1 is 0.500 bits per heavy atom. The Labute approximate surface area is 199 Å². The van der Waals surface area contributed by atoms with Crippen LogP contribution in [-0.4, -0.2) is 11.1 Å². The zero-order valence-electron chi connectivity index (χ0n) is 20.9. The van der Waals surface area contributed by atoms with Gasteiger partial charge in [-0.25, -0.2) is 0 Å². The lowest BCUT2D eigenvalue weighted by Gasteiger charge is -2.01. The fraction of sp³-hybridized carbons (Fsp3) is 0.633. The molecule has 0 saturated carbocycles. The highest BCUT2D eigenvalue weighted by atomic mass is 16.4. The summed E-state index contributed by atoms with van der Waals surface area (Å²) in [6.07, 6.45) is 43.1. The molecule has 1 N–H and O–H groups in total. The average Bonchev–Trinajstić information content (AvgIpc) is 2.78. The number of carboxylic acids is 1. The van der Waals surface area contributed by atoms with Crippen LogP contribution in [0.15, 0.2) is 60.8 Å². The molecule has 0 aliphatic rings. The molecular weight excluding hydrogens is 392 g/mol. The maximum atomic E-state index is 10.4. The van der Waals surface area contributed by atoms with Crippen molar-refractivity contribution >= 4 is 5.97 Å². The molecule has 0 radical (unpaired) electrons. The third kappa shape index (κ3) is 28.2. The number of carbonyl (C=O) groups is 1. The van der Waals surface area contributed by atoms with Gasteiger partial charge in [0.25, 0.3) is 0 Å². The fourth-order valence-electron chi connectivity index (χ4n) is 3.44. The Hall–Kier alpha value is -1.83. The summed E-state index contributed by atoms with van der Waals surface area (Å²) in [4.78, 5) is 10.4. The van der Waals surface area contributed by atoms with Crippen molar-refractivity contribution in [3.8, 4) is 0 Å². The van der Waals surface area contributed by atoms with Crippen molar-refractivity contribution in [2.24, 2.45) is 0 Å². The maximum Gasteiger partial charge on any atom is 0.303 e. The van der Waals surface area contributed by atoms with Crippen molar-refractivity contribution in [3.63, 3.8) is 0 Å². The number of aliphatic carboxylic acids is 1. The Bertz CT molecular complexity index is 537. The van der Waals surface area contributed by atoms with Crippen molar-refractivity contribution in [1.82, 2.24) is 0 Å². The second-order valence-corrected chi connectivity index (χ2v) is 8.56. The van der Waals surface area contributed by atoms with E-state index < -0.39 is 5.97 Å². The molecule has 182 valence electrons. The van der Waals surface area contributed by atoms with Crippen LogP contribution in [0.3, 0.4) is 0 Å². The van der Waals surface area contributed by atoms with E-state index in [9.17, 15) is 4.79 Å². The van der Waals surface area contributed by atoms with E-state index >= 15 is 0 Å². The Kier molecular flexibility index (Phi) is 25.6. The van der Waals surface area contributed by atoms with Gasteiger partial charge in [-0.15, -0.1) is 0 Å². The van der Waals surface area contributed by atoms with Gasteiger partial charge < -0.3 is 5.11 Å². The first kappa shape index (κ1) is 30.2. The largest absolute Gasteiger partial charge is 0.481 e. The van der Waals surface area contributed by atoms with Crippen molar-refractivity contribution in [3.05, 3.63) is 60.8 Å². The summed E-state index contributed by atoms with van der Waals surface area (Å²) < 4.78 is 0. The van der Waals surface area contributed by atoms with Gasteiger partial charge in [0.15, 0.2) is 0 Å². The highest BCUT2D eigenvalue weighted by Crippen LogP contribution is 2.12. The lowest BCUT2D eigenvalue weighted by Crippen LogP contribution is -1.93. The average molecular weight is 443 g/mol. The Morgan fingerprint density at radius 2 is 0.844 bits per heavy atom.